The molecule has 10 heteroatoms. The van der Waals surface area contributed by atoms with Crippen molar-refractivity contribution < 1.29 is 14.3 Å². The van der Waals surface area contributed by atoms with Crippen LogP contribution in [0.1, 0.15) is 35.2 Å². The number of hydrogen-bond donors (Lipinski definition) is 2. The van der Waals surface area contributed by atoms with Crippen LogP contribution >= 0.6 is 15.9 Å². The summed E-state index contributed by atoms with van der Waals surface area (Å²) in [6.45, 7) is 6.21. The summed E-state index contributed by atoms with van der Waals surface area (Å²) in [5.74, 6) is 1.27. The number of fused-ring (bicyclic) bond motifs is 1. The molecule has 3 aromatic carbocycles. The average Bonchev–Trinajstić information content (AvgIpc) is 3.38. The Morgan fingerprint density at radius 3 is 2.66 bits per heavy atom. The Kier molecular flexibility index (Phi) is 7.15. The molecule has 0 spiro atoms. The number of aryl methyl sites for hydroxylation is 1. The molecular weight excluding hydrogens is 548 g/mol. The summed E-state index contributed by atoms with van der Waals surface area (Å²) >= 11 is 3.65. The molecular formula is C28H27BrN6O3. The molecule has 0 radical (unpaired) electrons. The van der Waals surface area contributed by atoms with Gasteiger partial charge in [0.05, 0.1) is 17.2 Å². The Morgan fingerprint density at radius 1 is 1.11 bits per heavy atom. The molecule has 0 saturated heterocycles. The van der Waals surface area contributed by atoms with Crippen molar-refractivity contribution in [3.63, 3.8) is 0 Å². The fourth-order valence-electron chi connectivity index (χ4n) is 4.46. The predicted octanol–water partition coefficient (Wildman–Crippen LogP) is 5.57. The smallest absolute Gasteiger partial charge is 0.255 e. The van der Waals surface area contributed by atoms with Crippen LogP contribution in [-0.2, 0) is 11.4 Å². The molecule has 194 valence electrons. The van der Waals surface area contributed by atoms with Gasteiger partial charge in [-0.3, -0.25) is 4.79 Å². The lowest BCUT2D eigenvalue weighted by Crippen LogP contribution is -2.31. The molecule has 1 unspecified atom stereocenters. The Balaban J connectivity index is 1.53. The van der Waals surface area contributed by atoms with Gasteiger partial charge in [-0.15, -0.1) is 0 Å². The van der Waals surface area contributed by atoms with E-state index >= 15 is 0 Å². The lowest BCUT2D eigenvalue weighted by atomic mass is 9.94. The summed E-state index contributed by atoms with van der Waals surface area (Å²) in [4.78, 5) is 13.8. The van der Waals surface area contributed by atoms with Crippen LogP contribution in [0.5, 0.6) is 11.5 Å². The van der Waals surface area contributed by atoms with Gasteiger partial charge in [-0.2, -0.15) is 4.68 Å². The van der Waals surface area contributed by atoms with Crippen molar-refractivity contribution in [3.8, 4) is 11.5 Å². The van der Waals surface area contributed by atoms with E-state index in [1.807, 2.05) is 81.4 Å². The molecule has 1 aliphatic rings. The SMILES string of the molecule is COc1cc(C2C(C(=O)Nc3cccc(C)c3C)=C(C)Nc3nnnn32)cc(Br)c1OCc1ccccc1. The van der Waals surface area contributed by atoms with Crippen molar-refractivity contribution in [2.45, 2.75) is 33.4 Å². The highest BCUT2D eigenvalue weighted by Gasteiger charge is 2.35. The van der Waals surface area contributed by atoms with E-state index in [0.29, 0.717) is 39.8 Å². The molecule has 1 atom stereocenters. The second kappa shape index (κ2) is 10.7. The van der Waals surface area contributed by atoms with E-state index in [-0.39, 0.29) is 5.91 Å². The summed E-state index contributed by atoms with van der Waals surface area (Å²) in [5.41, 5.74) is 5.77. The third-order valence-corrected chi connectivity index (χ3v) is 7.19. The number of amides is 1. The summed E-state index contributed by atoms with van der Waals surface area (Å²) in [6.07, 6.45) is 0. The van der Waals surface area contributed by atoms with Gasteiger partial charge in [0.1, 0.15) is 12.6 Å². The summed E-state index contributed by atoms with van der Waals surface area (Å²) in [5, 5.41) is 18.4. The second-order valence-corrected chi connectivity index (χ2v) is 9.88. The standard InChI is InChI=1S/C28H27BrN6O3/c1-16-9-8-12-22(17(16)2)31-27(36)24-18(3)30-28-32-33-34-35(28)25(24)20-13-21(29)26(23(14-20)37-4)38-15-19-10-6-5-7-11-19/h5-14,25H,15H2,1-4H3,(H,31,36)(H,30,32,34). The first kappa shape index (κ1) is 25.5. The van der Waals surface area contributed by atoms with Crippen LogP contribution in [0, 0.1) is 13.8 Å². The third-order valence-electron chi connectivity index (χ3n) is 6.61. The molecule has 1 aliphatic heterocycles. The zero-order valence-corrected chi connectivity index (χ0v) is 23.0. The van der Waals surface area contributed by atoms with Gasteiger partial charge in [-0.1, -0.05) is 47.6 Å². The highest BCUT2D eigenvalue weighted by Crippen LogP contribution is 2.43. The molecule has 5 rings (SSSR count). The predicted molar refractivity (Wildman–Crippen MR) is 148 cm³/mol. The van der Waals surface area contributed by atoms with Gasteiger partial charge in [-0.25, -0.2) is 0 Å². The van der Waals surface area contributed by atoms with E-state index in [4.69, 9.17) is 9.47 Å². The minimum atomic E-state index is -0.611. The van der Waals surface area contributed by atoms with Gasteiger partial charge < -0.3 is 20.1 Å². The maximum absolute atomic E-state index is 13.8. The number of benzene rings is 3. The van der Waals surface area contributed by atoms with Crippen LogP contribution in [0.4, 0.5) is 11.6 Å². The number of carbonyl (C=O) groups is 1. The molecule has 0 fully saturated rings. The Labute approximate surface area is 229 Å². The molecule has 9 nitrogen and oxygen atoms in total. The Hall–Kier alpha value is -4.18. The number of nitrogens with one attached hydrogen (secondary N) is 2. The molecule has 0 bridgehead atoms. The number of carbonyl (C=O) groups excluding carboxylic acids is 1. The minimum Gasteiger partial charge on any atom is -0.493 e. The Morgan fingerprint density at radius 2 is 1.89 bits per heavy atom. The van der Waals surface area contributed by atoms with Crippen LogP contribution in [-0.4, -0.2) is 33.2 Å². The van der Waals surface area contributed by atoms with E-state index in [1.165, 1.54) is 0 Å². The van der Waals surface area contributed by atoms with Crippen molar-refractivity contribution in [1.82, 2.24) is 20.2 Å². The highest BCUT2D eigenvalue weighted by molar-refractivity contribution is 9.10. The van der Waals surface area contributed by atoms with Gasteiger partial charge in [0.25, 0.3) is 5.91 Å². The molecule has 0 saturated carbocycles. The summed E-state index contributed by atoms with van der Waals surface area (Å²) in [6, 6.07) is 18.9. The van der Waals surface area contributed by atoms with E-state index in [9.17, 15) is 4.79 Å². The quantitative estimate of drug-likeness (QED) is 0.297. The maximum Gasteiger partial charge on any atom is 0.255 e. The molecule has 2 heterocycles. The fraction of sp³-hybridized carbons (Fsp3) is 0.214. The number of anilines is 2. The third kappa shape index (κ3) is 4.87. The van der Waals surface area contributed by atoms with Gasteiger partial charge in [0.2, 0.25) is 5.95 Å². The minimum absolute atomic E-state index is 0.255. The number of ether oxygens (including phenoxy) is 2. The summed E-state index contributed by atoms with van der Waals surface area (Å²) < 4.78 is 14.1. The molecule has 38 heavy (non-hydrogen) atoms. The fourth-order valence-corrected chi connectivity index (χ4v) is 5.03. The largest absolute Gasteiger partial charge is 0.493 e. The second-order valence-electron chi connectivity index (χ2n) is 9.02. The highest BCUT2D eigenvalue weighted by atomic mass is 79.9. The lowest BCUT2D eigenvalue weighted by Gasteiger charge is -2.29. The first-order valence-electron chi connectivity index (χ1n) is 12.0. The van der Waals surface area contributed by atoms with E-state index in [1.54, 1.807) is 11.8 Å². The topological polar surface area (TPSA) is 103 Å². The lowest BCUT2D eigenvalue weighted by molar-refractivity contribution is -0.113. The zero-order valence-electron chi connectivity index (χ0n) is 21.4. The monoisotopic (exact) mass is 574 g/mol. The number of methoxy groups -OCH3 is 1. The molecule has 1 amide bonds. The van der Waals surface area contributed by atoms with Crippen molar-refractivity contribution in [1.29, 1.82) is 0 Å². The first-order valence-corrected chi connectivity index (χ1v) is 12.8. The van der Waals surface area contributed by atoms with Gasteiger partial charge >= 0.3 is 0 Å². The zero-order chi connectivity index (χ0) is 26.8. The summed E-state index contributed by atoms with van der Waals surface area (Å²) in [7, 11) is 1.58. The maximum atomic E-state index is 13.8. The van der Waals surface area contributed by atoms with Gasteiger partial charge in [0.15, 0.2) is 11.5 Å². The van der Waals surface area contributed by atoms with E-state index < -0.39 is 6.04 Å². The average molecular weight is 575 g/mol. The van der Waals surface area contributed by atoms with Crippen LogP contribution in [0.3, 0.4) is 0 Å². The van der Waals surface area contributed by atoms with Crippen molar-refractivity contribution >= 4 is 33.5 Å². The number of rotatable bonds is 7. The normalized spacial score (nSPS) is 14.5. The molecule has 2 N–H and O–H groups in total. The first-order chi connectivity index (χ1) is 18.4. The number of aromatic nitrogens is 4. The van der Waals surface area contributed by atoms with E-state index in [0.717, 1.165) is 27.9 Å². The van der Waals surface area contributed by atoms with Crippen LogP contribution in [0.15, 0.2) is 76.4 Å². The van der Waals surface area contributed by atoms with E-state index in [2.05, 4.69) is 42.1 Å². The van der Waals surface area contributed by atoms with Gasteiger partial charge in [0, 0.05) is 11.4 Å². The number of allylic oxidation sites excluding steroid dienone is 1. The Bertz CT molecular complexity index is 1530. The van der Waals surface area contributed by atoms with Crippen LogP contribution in [0.25, 0.3) is 0 Å². The number of halogens is 1. The molecule has 1 aromatic heterocycles. The number of nitrogens with zero attached hydrogens (tertiary/aromatic N) is 4. The van der Waals surface area contributed by atoms with Crippen LogP contribution in [0.2, 0.25) is 0 Å². The molecule has 4 aromatic rings. The number of tetrazole rings is 1. The van der Waals surface area contributed by atoms with Crippen molar-refractivity contribution in [3.05, 3.63) is 98.7 Å². The molecule has 0 aliphatic carbocycles. The van der Waals surface area contributed by atoms with Crippen molar-refractivity contribution in [2.24, 2.45) is 0 Å². The van der Waals surface area contributed by atoms with Crippen LogP contribution < -0.4 is 20.1 Å². The van der Waals surface area contributed by atoms with Gasteiger partial charge in [-0.05, 0) is 87.6 Å². The number of hydrogen-bond acceptors (Lipinski definition) is 7. The van der Waals surface area contributed by atoms with Crippen molar-refractivity contribution in [2.75, 3.05) is 17.7 Å².